The number of aryl methyl sites for hydroxylation is 1. The van der Waals surface area contributed by atoms with Crippen molar-refractivity contribution in [2.75, 3.05) is 37.0 Å². The minimum atomic E-state index is -4.72. The van der Waals surface area contributed by atoms with Crippen LogP contribution in [-0.2, 0) is 6.18 Å². The van der Waals surface area contributed by atoms with Gasteiger partial charge in [0.15, 0.2) is 5.69 Å². The van der Waals surface area contributed by atoms with Crippen LogP contribution in [0.5, 0.6) is 5.88 Å². The van der Waals surface area contributed by atoms with Crippen LogP contribution in [0.25, 0.3) is 11.1 Å². The molecule has 0 bridgehead atoms. The lowest BCUT2D eigenvalue weighted by molar-refractivity contribution is -0.141. The highest BCUT2D eigenvalue weighted by Gasteiger charge is 2.33. The Morgan fingerprint density at radius 1 is 1.12 bits per heavy atom. The molecule has 0 spiro atoms. The Morgan fingerprint density at radius 3 is 2.62 bits per heavy atom. The Balaban J connectivity index is 1.88. The Bertz CT molecular complexity index is 1160. The van der Waals surface area contributed by atoms with Crippen LogP contribution in [0.15, 0.2) is 42.7 Å². The van der Waals surface area contributed by atoms with Crippen molar-refractivity contribution in [3.63, 3.8) is 0 Å². The SMILES string of the molecule is Cc1ccc(NC(=O)c2cnnc(C(F)(F)F)c2)cc1-c1cnc(OCCO)c(NCCO)c1. The summed E-state index contributed by atoms with van der Waals surface area (Å²) in [6.45, 7) is 1.82. The fraction of sp³-hybridized carbons (Fsp3) is 0.273. The third kappa shape index (κ3) is 6.17. The number of nitrogens with zero attached hydrogens (tertiary/aromatic N) is 3. The predicted octanol–water partition coefficient (Wildman–Crippen LogP) is 2.89. The van der Waals surface area contributed by atoms with Crippen LogP contribution >= 0.6 is 0 Å². The second-order valence-electron chi connectivity index (χ2n) is 7.11. The van der Waals surface area contributed by atoms with Gasteiger partial charge in [-0.1, -0.05) is 6.07 Å². The quantitative estimate of drug-likeness (QED) is 0.370. The zero-order valence-electron chi connectivity index (χ0n) is 18.1. The Labute approximate surface area is 192 Å². The molecule has 1 aromatic carbocycles. The average Bonchev–Trinajstić information content (AvgIpc) is 2.82. The lowest BCUT2D eigenvalue weighted by Gasteiger charge is -2.15. The van der Waals surface area contributed by atoms with Crippen molar-refractivity contribution in [3.05, 3.63) is 59.5 Å². The van der Waals surface area contributed by atoms with Crippen molar-refractivity contribution in [2.45, 2.75) is 13.1 Å². The number of ether oxygens (including phenoxy) is 1. The molecule has 0 aliphatic rings. The van der Waals surface area contributed by atoms with E-state index in [0.29, 0.717) is 28.6 Å². The first kappa shape index (κ1) is 24.9. The fourth-order valence-corrected chi connectivity index (χ4v) is 3.02. The van der Waals surface area contributed by atoms with Crippen molar-refractivity contribution in [2.24, 2.45) is 0 Å². The molecule has 0 unspecified atom stereocenters. The number of carbonyl (C=O) groups excluding carboxylic acids is 1. The molecule has 180 valence electrons. The number of aliphatic hydroxyl groups excluding tert-OH is 2. The van der Waals surface area contributed by atoms with Gasteiger partial charge in [-0.15, -0.1) is 5.10 Å². The monoisotopic (exact) mass is 477 g/mol. The minimum absolute atomic E-state index is 0.0423. The van der Waals surface area contributed by atoms with Crippen LogP contribution in [-0.4, -0.2) is 57.7 Å². The van der Waals surface area contributed by atoms with Crippen LogP contribution in [0, 0.1) is 6.92 Å². The van der Waals surface area contributed by atoms with E-state index < -0.39 is 17.8 Å². The zero-order chi connectivity index (χ0) is 24.7. The van der Waals surface area contributed by atoms with Gasteiger partial charge in [0, 0.05) is 24.0 Å². The molecule has 9 nitrogen and oxygen atoms in total. The number of carbonyl (C=O) groups is 1. The molecule has 34 heavy (non-hydrogen) atoms. The molecule has 3 rings (SSSR count). The molecular weight excluding hydrogens is 455 g/mol. The summed E-state index contributed by atoms with van der Waals surface area (Å²) in [5, 5.41) is 30.0. The highest BCUT2D eigenvalue weighted by Crippen LogP contribution is 2.32. The summed E-state index contributed by atoms with van der Waals surface area (Å²) in [6.07, 6.45) is -2.22. The van der Waals surface area contributed by atoms with Gasteiger partial charge < -0.3 is 25.6 Å². The smallest absolute Gasteiger partial charge is 0.435 e. The van der Waals surface area contributed by atoms with E-state index >= 15 is 0 Å². The topological polar surface area (TPSA) is 129 Å². The highest BCUT2D eigenvalue weighted by molar-refractivity contribution is 6.04. The number of pyridine rings is 1. The lowest BCUT2D eigenvalue weighted by atomic mass is 10.0. The molecule has 1 amide bonds. The van der Waals surface area contributed by atoms with Crippen LogP contribution in [0.1, 0.15) is 21.6 Å². The third-order valence-electron chi connectivity index (χ3n) is 4.62. The maximum atomic E-state index is 12.9. The molecule has 0 atom stereocenters. The number of rotatable bonds is 9. The molecule has 4 N–H and O–H groups in total. The van der Waals surface area contributed by atoms with E-state index in [1.807, 2.05) is 6.92 Å². The van der Waals surface area contributed by atoms with Gasteiger partial charge in [0.2, 0.25) is 5.88 Å². The number of aliphatic hydroxyl groups is 2. The minimum Gasteiger partial charge on any atom is -0.474 e. The van der Waals surface area contributed by atoms with Crippen molar-refractivity contribution in [1.29, 1.82) is 0 Å². The van der Waals surface area contributed by atoms with Gasteiger partial charge in [-0.3, -0.25) is 4.79 Å². The maximum Gasteiger partial charge on any atom is 0.435 e. The molecule has 12 heteroatoms. The molecule has 2 heterocycles. The Kier molecular flexibility index (Phi) is 7.97. The Hall–Kier alpha value is -3.77. The molecular formula is C22H22F3N5O4. The summed E-state index contributed by atoms with van der Waals surface area (Å²) in [5.41, 5.74) is 1.51. The molecule has 0 fully saturated rings. The molecule has 2 aromatic heterocycles. The number of halogens is 3. The van der Waals surface area contributed by atoms with E-state index in [1.165, 1.54) is 0 Å². The molecule has 0 saturated carbocycles. The normalized spacial score (nSPS) is 11.2. The molecule has 0 aliphatic heterocycles. The second kappa shape index (κ2) is 10.9. The molecule has 0 aliphatic carbocycles. The number of hydrogen-bond acceptors (Lipinski definition) is 8. The number of anilines is 2. The number of benzene rings is 1. The summed E-state index contributed by atoms with van der Waals surface area (Å²) in [4.78, 5) is 16.8. The summed E-state index contributed by atoms with van der Waals surface area (Å²) in [5.74, 6) is -0.523. The number of alkyl halides is 3. The highest BCUT2D eigenvalue weighted by atomic mass is 19.4. The van der Waals surface area contributed by atoms with Crippen molar-refractivity contribution >= 4 is 17.3 Å². The summed E-state index contributed by atoms with van der Waals surface area (Å²) in [7, 11) is 0. The summed E-state index contributed by atoms with van der Waals surface area (Å²) >= 11 is 0. The first-order valence-electron chi connectivity index (χ1n) is 10.1. The first-order chi connectivity index (χ1) is 16.2. The number of hydrogen-bond donors (Lipinski definition) is 4. The van der Waals surface area contributed by atoms with E-state index in [4.69, 9.17) is 14.9 Å². The van der Waals surface area contributed by atoms with Gasteiger partial charge in [0.1, 0.15) is 6.61 Å². The van der Waals surface area contributed by atoms with Crippen molar-refractivity contribution in [3.8, 4) is 17.0 Å². The third-order valence-corrected chi connectivity index (χ3v) is 4.62. The number of amides is 1. The van der Waals surface area contributed by atoms with E-state index in [0.717, 1.165) is 11.8 Å². The zero-order valence-corrected chi connectivity index (χ0v) is 18.1. The van der Waals surface area contributed by atoms with Crippen LogP contribution < -0.4 is 15.4 Å². The predicted molar refractivity (Wildman–Crippen MR) is 118 cm³/mol. The van der Waals surface area contributed by atoms with Gasteiger partial charge in [-0.05, 0) is 42.3 Å². The Morgan fingerprint density at radius 2 is 1.91 bits per heavy atom. The molecule has 3 aromatic rings. The molecule has 0 saturated heterocycles. The number of nitrogens with one attached hydrogen (secondary N) is 2. The lowest BCUT2D eigenvalue weighted by Crippen LogP contribution is -2.16. The van der Waals surface area contributed by atoms with Gasteiger partial charge >= 0.3 is 6.18 Å². The first-order valence-corrected chi connectivity index (χ1v) is 10.1. The van der Waals surface area contributed by atoms with E-state index in [1.54, 1.807) is 30.5 Å². The van der Waals surface area contributed by atoms with Gasteiger partial charge in [0.25, 0.3) is 5.91 Å². The van der Waals surface area contributed by atoms with Crippen molar-refractivity contribution < 1.29 is 32.9 Å². The summed E-state index contributed by atoms with van der Waals surface area (Å²) < 4.78 is 44.0. The molecule has 0 radical (unpaired) electrons. The van der Waals surface area contributed by atoms with E-state index in [2.05, 4.69) is 25.8 Å². The largest absolute Gasteiger partial charge is 0.474 e. The summed E-state index contributed by atoms with van der Waals surface area (Å²) in [6, 6.07) is 7.39. The van der Waals surface area contributed by atoms with Crippen LogP contribution in [0.4, 0.5) is 24.5 Å². The van der Waals surface area contributed by atoms with Gasteiger partial charge in [-0.25, -0.2) is 4.98 Å². The fourth-order valence-electron chi connectivity index (χ4n) is 3.02. The maximum absolute atomic E-state index is 12.9. The van der Waals surface area contributed by atoms with Crippen LogP contribution in [0.2, 0.25) is 0 Å². The van der Waals surface area contributed by atoms with E-state index in [9.17, 15) is 18.0 Å². The standard InChI is InChI=1S/C22H22F3N5O4/c1-13-2-3-16(29-20(33)15-9-19(22(23,24)25)30-28-12-15)10-17(13)14-8-18(26-4-5-31)21(27-11-14)34-7-6-32/h2-3,8-12,26,31-32H,4-7H2,1H3,(H,29,33). The van der Waals surface area contributed by atoms with Gasteiger partial charge in [0.05, 0.1) is 30.7 Å². The number of aromatic nitrogens is 3. The van der Waals surface area contributed by atoms with Crippen LogP contribution in [0.3, 0.4) is 0 Å². The van der Waals surface area contributed by atoms with Gasteiger partial charge in [-0.2, -0.15) is 18.3 Å². The van der Waals surface area contributed by atoms with E-state index in [-0.39, 0.29) is 37.8 Å². The second-order valence-corrected chi connectivity index (χ2v) is 7.11. The average molecular weight is 477 g/mol. The van der Waals surface area contributed by atoms with Crippen molar-refractivity contribution in [1.82, 2.24) is 15.2 Å².